The van der Waals surface area contributed by atoms with Crippen LogP contribution in [0.2, 0.25) is 0 Å². The summed E-state index contributed by atoms with van der Waals surface area (Å²) < 4.78 is 1.94. The van der Waals surface area contributed by atoms with Crippen LogP contribution < -0.4 is 15.5 Å². The van der Waals surface area contributed by atoms with E-state index in [1.807, 2.05) is 28.8 Å². The molecule has 1 aliphatic heterocycles. The van der Waals surface area contributed by atoms with E-state index in [1.54, 1.807) is 29.4 Å². The number of urea groups is 1. The number of nitrogens with zero attached hydrogens (tertiary/aromatic N) is 4. The molecule has 0 unspecified atom stereocenters. The monoisotopic (exact) mass is 390 g/mol. The third-order valence-corrected chi connectivity index (χ3v) is 4.86. The van der Waals surface area contributed by atoms with E-state index in [-0.39, 0.29) is 18.5 Å². The number of anilines is 1. The summed E-state index contributed by atoms with van der Waals surface area (Å²) >= 11 is 0. The van der Waals surface area contributed by atoms with E-state index in [0.717, 1.165) is 13.0 Å². The molecule has 8 heteroatoms. The molecule has 8 nitrogen and oxygen atoms in total. The lowest BCUT2D eigenvalue weighted by Crippen LogP contribution is -2.28. The molecule has 3 amide bonds. The molecule has 0 aliphatic carbocycles. The average molecular weight is 390 g/mol. The summed E-state index contributed by atoms with van der Waals surface area (Å²) in [7, 11) is 0. The minimum Gasteiger partial charge on any atom is -0.345 e. The van der Waals surface area contributed by atoms with Crippen molar-refractivity contribution in [3.8, 4) is 0 Å². The zero-order valence-corrected chi connectivity index (χ0v) is 15.9. The number of aromatic nitrogens is 3. The van der Waals surface area contributed by atoms with Crippen LogP contribution in [0, 0.1) is 0 Å². The summed E-state index contributed by atoms with van der Waals surface area (Å²) in [6, 6.07) is 17.1. The molecule has 2 N–H and O–H groups in total. The summed E-state index contributed by atoms with van der Waals surface area (Å²) in [5, 5.41) is 13.7. The molecule has 2 aromatic carbocycles. The van der Waals surface area contributed by atoms with Gasteiger partial charge in [-0.1, -0.05) is 36.4 Å². The van der Waals surface area contributed by atoms with Crippen LogP contribution >= 0.6 is 0 Å². The number of benzene rings is 2. The SMILES string of the molecule is O=C(NCc1nncn1CCc1ccccc1)c1cccc(N2CCNC2=O)c1. The van der Waals surface area contributed by atoms with Crippen molar-refractivity contribution in [1.82, 2.24) is 25.4 Å². The fraction of sp³-hybridized carbons (Fsp3) is 0.238. The van der Waals surface area contributed by atoms with Gasteiger partial charge in [-0.2, -0.15) is 0 Å². The lowest BCUT2D eigenvalue weighted by atomic mass is 10.1. The first-order chi connectivity index (χ1) is 14.2. The highest BCUT2D eigenvalue weighted by Gasteiger charge is 2.21. The second kappa shape index (κ2) is 8.55. The molecule has 0 radical (unpaired) electrons. The number of hydrogen-bond donors (Lipinski definition) is 2. The molecule has 1 fully saturated rings. The van der Waals surface area contributed by atoms with E-state index in [9.17, 15) is 9.59 Å². The fourth-order valence-corrected chi connectivity index (χ4v) is 3.29. The maximum absolute atomic E-state index is 12.6. The zero-order valence-electron chi connectivity index (χ0n) is 15.9. The van der Waals surface area contributed by atoms with Gasteiger partial charge in [0.15, 0.2) is 5.82 Å². The Kier molecular flexibility index (Phi) is 5.51. The number of nitrogens with one attached hydrogen (secondary N) is 2. The number of aryl methyl sites for hydroxylation is 2. The molecule has 2 heterocycles. The van der Waals surface area contributed by atoms with Gasteiger partial charge in [0.25, 0.3) is 5.91 Å². The maximum Gasteiger partial charge on any atom is 0.321 e. The van der Waals surface area contributed by atoms with Gasteiger partial charge in [-0.05, 0) is 30.2 Å². The molecular weight excluding hydrogens is 368 g/mol. The van der Waals surface area contributed by atoms with Gasteiger partial charge in [0.1, 0.15) is 6.33 Å². The van der Waals surface area contributed by atoms with Gasteiger partial charge in [-0.3, -0.25) is 9.69 Å². The standard InChI is InChI=1S/C21H22N6O2/c28-20(17-7-4-8-18(13-17)27-12-10-22-21(27)29)23-14-19-25-24-15-26(19)11-9-16-5-2-1-3-6-16/h1-8,13,15H,9-12,14H2,(H,22,29)(H,23,28). The lowest BCUT2D eigenvalue weighted by Gasteiger charge is -2.15. The smallest absolute Gasteiger partial charge is 0.321 e. The first-order valence-electron chi connectivity index (χ1n) is 9.55. The lowest BCUT2D eigenvalue weighted by molar-refractivity contribution is 0.0949. The van der Waals surface area contributed by atoms with Gasteiger partial charge >= 0.3 is 6.03 Å². The molecule has 0 saturated carbocycles. The van der Waals surface area contributed by atoms with Gasteiger partial charge in [0, 0.05) is 30.9 Å². The topological polar surface area (TPSA) is 92.2 Å². The molecule has 148 valence electrons. The molecule has 29 heavy (non-hydrogen) atoms. The van der Waals surface area contributed by atoms with Crippen molar-refractivity contribution >= 4 is 17.6 Å². The Morgan fingerprint density at radius 2 is 2.00 bits per heavy atom. The number of carbonyl (C=O) groups excluding carboxylic acids is 2. The molecule has 0 bridgehead atoms. The van der Waals surface area contributed by atoms with Gasteiger partial charge in [0.05, 0.1) is 6.54 Å². The highest BCUT2D eigenvalue weighted by molar-refractivity contribution is 5.98. The molecule has 4 rings (SSSR count). The van der Waals surface area contributed by atoms with Gasteiger partial charge in [0.2, 0.25) is 0 Å². The third-order valence-electron chi connectivity index (χ3n) is 4.86. The summed E-state index contributed by atoms with van der Waals surface area (Å²) in [6.45, 7) is 2.21. The van der Waals surface area contributed by atoms with Crippen molar-refractivity contribution in [2.24, 2.45) is 0 Å². The fourth-order valence-electron chi connectivity index (χ4n) is 3.29. The normalized spacial score (nSPS) is 13.4. The summed E-state index contributed by atoms with van der Waals surface area (Å²) in [4.78, 5) is 26.0. The Hall–Kier alpha value is -3.68. The van der Waals surface area contributed by atoms with Crippen LogP contribution in [0.4, 0.5) is 10.5 Å². The van der Waals surface area contributed by atoms with Gasteiger partial charge in [-0.25, -0.2) is 4.79 Å². The van der Waals surface area contributed by atoms with Crippen LogP contribution in [0.3, 0.4) is 0 Å². The van der Waals surface area contributed by atoms with E-state index < -0.39 is 0 Å². The Balaban J connectivity index is 1.37. The van der Waals surface area contributed by atoms with Crippen molar-refractivity contribution in [3.63, 3.8) is 0 Å². The summed E-state index contributed by atoms with van der Waals surface area (Å²) in [6.07, 6.45) is 2.54. The van der Waals surface area contributed by atoms with E-state index in [0.29, 0.717) is 30.2 Å². The average Bonchev–Trinajstić information content (AvgIpc) is 3.40. The Morgan fingerprint density at radius 3 is 2.79 bits per heavy atom. The van der Waals surface area contributed by atoms with E-state index >= 15 is 0 Å². The highest BCUT2D eigenvalue weighted by atomic mass is 16.2. The second-order valence-electron chi connectivity index (χ2n) is 6.79. The van der Waals surface area contributed by atoms with E-state index in [4.69, 9.17) is 0 Å². The Labute approximate surface area is 168 Å². The number of amides is 3. The third kappa shape index (κ3) is 4.43. The minimum absolute atomic E-state index is 0.144. The highest BCUT2D eigenvalue weighted by Crippen LogP contribution is 2.18. The number of carbonyl (C=O) groups is 2. The number of hydrogen-bond acceptors (Lipinski definition) is 4. The van der Waals surface area contributed by atoms with E-state index in [1.165, 1.54) is 5.56 Å². The van der Waals surface area contributed by atoms with Gasteiger partial charge in [-0.15, -0.1) is 10.2 Å². The van der Waals surface area contributed by atoms with Crippen molar-refractivity contribution < 1.29 is 9.59 Å². The quantitative estimate of drug-likeness (QED) is 0.645. The summed E-state index contributed by atoms with van der Waals surface area (Å²) in [5.41, 5.74) is 2.44. The van der Waals surface area contributed by atoms with Crippen LogP contribution in [0.25, 0.3) is 0 Å². The summed E-state index contributed by atoms with van der Waals surface area (Å²) in [5.74, 6) is 0.480. The maximum atomic E-state index is 12.6. The van der Waals surface area contributed by atoms with Gasteiger partial charge < -0.3 is 15.2 Å². The first kappa shape index (κ1) is 18.7. The van der Waals surface area contributed by atoms with Crippen LogP contribution in [-0.2, 0) is 19.5 Å². The predicted octanol–water partition coefficient (Wildman–Crippen LogP) is 1.98. The van der Waals surface area contributed by atoms with Crippen LogP contribution in [0.15, 0.2) is 60.9 Å². The zero-order chi connectivity index (χ0) is 20.1. The van der Waals surface area contributed by atoms with Crippen LogP contribution in [0.5, 0.6) is 0 Å². The Bertz CT molecular complexity index is 1000. The van der Waals surface area contributed by atoms with E-state index in [2.05, 4.69) is 33.0 Å². The van der Waals surface area contributed by atoms with Crippen molar-refractivity contribution in [3.05, 3.63) is 77.9 Å². The second-order valence-corrected chi connectivity index (χ2v) is 6.79. The predicted molar refractivity (Wildman–Crippen MR) is 109 cm³/mol. The van der Waals surface area contributed by atoms with Crippen LogP contribution in [-0.4, -0.2) is 39.8 Å². The Morgan fingerprint density at radius 1 is 1.14 bits per heavy atom. The molecule has 1 aliphatic rings. The molecule has 1 aromatic heterocycles. The van der Waals surface area contributed by atoms with Crippen molar-refractivity contribution in [2.45, 2.75) is 19.5 Å². The van der Waals surface area contributed by atoms with Crippen molar-refractivity contribution in [2.75, 3.05) is 18.0 Å². The first-order valence-corrected chi connectivity index (χ1v) is 9.55. The van der Waals surface area contributed by atoms with Crippen LogP contribution in [0.1, 0.15) is 21.7 Å². The molecule has 0 atom stereocenters. The molecule has 3 aromatic rings. The number of rotatable bonds is 7. The largest absolute Gasteiger partial charge is 0.345 e. The molecule has 0 spiro atoms. The minimum atomic E-state index is -0.218. The van der Waals surface area contributed by atoms with Crippen molar-refractivity contribution in [1.29, 1.82) is 0 Å². The molecular formula is C21H22N6O2. The molecule has 1 saturated heterocycles.